The number of hydrogen-bond donors (Lipinski definition) is 1. The number of rotatable bonds is 3. The van der Waals surface area contributed by atoms with Crippen molar-refractivity contribution < 1.29 is 9.53 Å². The summed E-state index contributed by atoms with van der Waals surface area (Å²) in [5, 5.41) is 3.41. The van der Waals surface area contributed by atoms with E-state index in [9.17, 15) is 4.79 Å². The molecule has 20 heavy (non-hydrogen) atoms. The van der Waals surface area contributed by atoms with Crippen LogP contribution in [0.1, 0.15) is 45.4 Å². The number of nitrogens with one attached hydrogen (secondary N) is 1. The van der Waals surface area contributed by atoms with E-state index in [2.05, 4.69) is 17.1 Å². The molecule has 0 bridgehead atoms. The number of carbonyl (C=O) groups excluding carboxylic acids is 1. The van der Waals surface area contributed by atoms with Gasteiger partial charge in [0.1, 0.15) is 0 Å². The molecule has 2 aliphatic heterocycles. The number of likely N-dealkylation sites (N-methyl/N-ethyl adjacent to an activating group) is 1. The Morgan fingerprint density at radius 2 is 2.00 bits per heavy atom. The predicted molar refractivity (Wildman–Crippen MR) is 78.5 cm³/mol. The molecule has 4 unspecified atom stereocenters. The van der Waals surface area contributed by atoms with Crippen molar-refractivity contribution in [2.45, 2.75) is 57.5 Å². The van der Waals surface area contributed by atoms with E-state index in [1.165, 1.54) is 38.5 Å². The van der Waals surface area contributed by atoms with Crippen LogP contribution in [-0.2, 0) is 9.53 Å². The molecule has 114 valence electrons. The Labute approximate surface area is 122 Å². The van der Waals surface area contributed by atoms with Crippen molar-refractivity contribution in [2.75, 3.05) is 26.3 Å². The fourth-order valence-corrected chi connectivity index (χ4v) is 4.37. The van der Waals surface area contributed by atoms with E-state index >= 15 is 0 Å². The van der Waals surface area contributed by atoms with Gasteiger partial charge in [-0.1, -0.05) is 19.8 Å². The van der Waals surface area contributed by atoms with Crippen LogP contribution in [0.5, 0.6) is 0 Å². The van der Waals surface area contributed by atoms with Gasteiger partial charge in [-0.15, -0.1) is 0 Å². The predicted octanol–water partition coefficient (Wildman–Crippen LogP) is 1.79. The molecule has 1 aliphatic carbocycles. The molecule has 3 aliphatic rings. The van der Waals surface area contributed by atoms with Crippen LogP contribution in [0.25, 0.3) is 0 Å². The highest BCUT2D eigenvalue weighted by molar-refractivity contribution is 5.80. The van der Waals surface area contributed by atoms with Crippen molar-refractivity contribution in [1.29, 1.82) is 0 Å². The molecule has 3 rings (SSSR count). The number of piperidine rings is 1. The standard InChI is InChI=1S/C16H28N2O2/c1-2-17-14-11-20-10-13(14)16(19)18-9-5-7-12-6-3-4-8-15(12)18/h12-15,17H,2-11H2,1H3. The smallest absolute Gasteiger partial charge is 0.229 e. The lowest BCUT2D eigenvalue weighted by Gasteiger charge is -2.45. The molecule has 0 spiro atoms. The Kier molecular flexibility index (Phi) is 4.61. The van der Waals surface area contributed by atoms with Crippen LogP contribution in [0.2, 0.25) is 0 Å². The monoisotopic (exact) mass is 280 g/mol. The first-order chi connectivity index (χ1) is 9.81. The number of nitrogens with zero attached hydrogens (tertiary/aromatic N) is 1. The molecule has 0 aromatic heterocycles. The zero-order valence-electron chi connectivity index (χ0n) is 12.6. The minimum atomic E-state index is 0.0376. The SMILES string of the molecule is CCNC1COCC1C(=O)N1CCCC2CCCCC21. The molecule has 0 aromatic rings. The maximum absolute atomic E-state index is 12.9. The van der Waals surface area contributed by atoms with Gasteiger partial charge in [-0.05, 0) is 38.1 Å². The van der Waals surface area contributed by atoms with Gasteiger partial charge in [0, 0.05) is 18.6 Å². The van der Waals surface area contributed by atoms with Gasteiger partial charge < -0.3 is 15.0 Å². The van der Waals surface area contributed by atoms with Gasteiger partial charge in [0.25, 0.3) is 0 Å². The van der Waals surface area contributed by atoms with Crippen molar-refractivity contribution in [2.24, 2.45) is 11.8 Å². The van der Waals surface area contributed by atoms with Gasteiger partial charge in [0.2, 0.25) is 5.91 Å². The highest BCUT2D eigenvalue weighted by atomic mass is 16.5. The summed E-state index contributed by atoms with van der Waals surface area (Å²) in [7, 11) is 0. The van der Waals surface area contributed by atoms with Crippen molar-refractivity contribution >= 4 is 5.91 Å². The normalized spacial score (nSPS) is 37.8. The lowest BCUT2D eigenvalue weighted by Crippen LogP contribution is -2.54. The number of carbonyl (C=O) groups is 1. The maximum Gasteiger partial charge on any atom is 0.229 e. The molecule has 4 nitrogen and oxygen atoms in total. The molecular formula is C16H28N2O2. The Balaban J connectivity index is 1.68. The Bertz CT molecular complexity index is 345. The van der Waals surface area contributed by atoms with E-state index in [0.717, 1.165) is 19.0 Å². The van der Waals surface area contributed by atoms with Gasteiger partial charge >= 0.3 is 0 Å². The molecule has 2 saturated heterocycles. The first-order valence-corrected chi connectivity index (χ1v) is 8.43. The third-order valence-corrected chi connectivity index (χ3v) is 5.39. The summed E-state index contributed by atoms with van der Waals surface area (Å²) in [6, 6.07) is 0.740. The number of ether oxygens (including phenoxy) is 1. The largest absolute Gasteiger partial charge is 0.379 e. The van der Waals surface area contributed by atoms with Crippen LogP contribution in [0.15, 0.2) is 0 Å². The third-order valence-electron chi connectivity index (χ3n) is 5.39. The summed E-state index contributed by atoms with van der Waals surface area (Å²) in [5.41, 5.74) is 0. The average molecular weight is 280 g/mol. The van der Waals surface area contributed by atoms with E-state index in [-0.39, 0.29) is 12.0 Å². The number of likely N-dealkylation sites (tertiary alicyclic amines) is 1. The minimum absolute atomic E-state index is 0.0376. The minimum Gasteiger partial charge on any atom is -0.379 e. The topological polar surface area (TPSA) is 41.6 Å². The van der Waals surface area contributed by atoms with Crippen molar-refractivity contribution in [1.82, 2.24) is 10.2 Å². The average Bonchev–Trinajstić information content (AvgIpc) is 2.94. The number of hydrogen-bond acceptors (Lipinski definition) is 3. The molecular weight excluding hydrogens is 252 g/mol. The van der Waals surface area contributed by atoms with Gasteiger partial charge in [0.15, 0.2) is 0 Å². The zero-order chi connectivity index (χ0) is 13.9. The van der Waals surface area contributed by atoms with Crippen molar-refractivity contribution in [3.63, 3.8) is 0 Å². The van der Waals surface area contributed by atoms with Crippen LogP contribution in [-0.4, -0.2) is 49.2 Å². The lowest BCUT2D eigenvalue weighted by atomic mass is 9.78. The fraction of sp³-hybridized carbons (Fsp3) is 0.938. The van der Waals surface area contributed by atoms with Crippen LogP contribution < -0.4 is 5.32 Å². The summed E-state index contributed by atoms with van der Waals surface area (Å²) in [4.78, 5) is 15.2. The van der Waals surface area contributed by atoms with Gasteiger partial charge in [0.05, 0.1) is 19.1 Å². The molecule has 2 heterocycles. The summed E-state index contributed by atoms with van der Waals surface area (Å²) in [5.74, 6) is 1.15. The second-order valence-corrected chi connectivity index (χ2v) is 6.59. The highest BCUT2D eigenvalue weighted by Crippen LogP contribution is 2.36. The first-order valence-electron chi connectivity index (χ1n) is 8.43. The van der Waals surface area contributed by atoms with E-state index in [1.807, 2.05) is 0 Å². The quantitative estimate of drug-likeness (QED) is 0.857. The van der Waals surface area contributed by atoms with Crippen LogP contribution in [0.3, 0.4) is 0 Å². The summed E-state index contributed by atoms with van der Waals surface area (Å²) in [6.07, 6.45) is 7.71. The second kappa shape index (κ2) is 6.44. The maximum atomic E-state index is 12.9. The van der Waals surface area contributed by atoms with E-state index in [0.29, 0.717) is 25.2 Å². The molecule has 4 atom stereocenters. The van der Waals surface area contributed by atoms with E-state index < -0.39 is 0 Å². The molecule has 0 radical (unpaired) electrons. The number of fused-ring (bicyclic) bond motifs is 1. The highest BCUT2D eigenvalue weighted by Gasteiger charge is 2.41. The molecule has 0 aromatic carbocycles. The van der Waals surface area contributed by atoms with Crippen molar-refractivity contribution in [3.05, 3.63) is 0 Å². The van der Waals surface area contributed by atoms with Gasteiger partial charge in [-0.3, -0.25) is 4.79 Å². The Morgan fingerprint density at radius 3 is 2.85 bits per heavy atom. The summed E-state index contributed by atoms with van der Waals surface area (Å²) in [6.45, 7) is 5.26. The fourth-order valence-electron chi connectivity index (χ4n) is 4.37. The van der Waals surface area contributed by atoms with Crippen LogP contribution in [0.4, 0.5) is 0 Å². The van der Waals surface area contributed by atoms with Gasteiger partial charge in [-0.2, -0.15) is 0 Å². The Morgan fingerprint density at radius 1 is 1.20 bits per heavy atom. The number of amides is 1. The Hall–Kier alpha value is -0.610. The van der Waals surface area contributed by atoms with E-state index in [1.54, 1.807) is 0 Å². The third kappa shape index (κ3) is 2.73. The zero-order valence-corrected chi connectivity index (χ0v) is 12.6. The van der Waals surface area contributed by atoms with Crippen LogP contribution >= 0.6 is 0 Å². The first kappa shape index (κ1) is 14.3. The summed E-state index contributed by atoms with van der Waals surface area (Å²) >= 11 is 0. The van der Waals surface area contributed by atoms with Crippen molar-refractivity contribution in [3.8, 4) is 0 Å². The van der Waals surface area contributed by atoms with Gasteiger partial charge in [-0.25, -0.2) is 0 Å². The molecule has 1 saturated carbocycles. The molecule has 1 amide bonds. The lowest BCUT2D eigenvalue weighted by molar-refractivity contribution is -0.142. The second-order valence-electron chi connectivity index (χ2n) is 6.59. The molecule has 3 fully saturated rings. The summed E-state index contributed by atoms with van der Waals surface area (Å²) < 4.78 is 5.56. The molecule has 1 N–H and O–H groups in total. The van der Waals surface area contributed by atoms with Crippen LogP contribution in [0, 0.1) is 11.8 Å². The molecule has 4 heteroatoms. The van der Waals surface area contributed by atoms with E-state index in [4.69, 9.17) is 4.74 Å².